The molecule has 1 atom stereocenters. The van der Waals surface area contributed by atoms with E-state index in [2.05, 4.69) is 29.1 Å². The van der Waals surface area contributed by atoms with E-state index in [9.17, 15) is 5.11 Å². The maximum Gasteiger partial charge on any atom is 0.189 e. The highest BCUT2D eigenvalue weighted by atomic mass is 32.2. The molecule has 2 rings (SSSR count). The van der Waals surface area contributed by atoms with Crippen LogP contribution in [0.5, 0.6) is 0 Å². The van der Waals surface area contributed by atoms with Gasteiger partial charge in [-0.25, -0.2) is 9.97 Å². The Morgan fingerprint density at radius 1 is 1.56 bits per heavy atom. The van der Waals surface area contributed by atoms with E-state index in [-0.39, 0.29) is 12.0 Å². The highest BCUT2D eigenvalue weighted by Crippen LogP contribution is 2.39. The maximum atomic E-state index is 9.36. The van der Waals surface area contributed by atoms with Crippen molar-refractivity contribution in [3.8, 4) is 0 Å². The quantitative estimate of drug-likeness (QED) is 0.649. The normalized spacial score (nSPS) is 22.1. The Hall–Kier alpha value is -0.810. The van der Waals surface area contributed by atoms with Crippen LogP contribution in [0, 0.1) is 5.41 Å². The van der Waals surface area contributed by atoms with Crippen LogP contribution >= 0.6 is 11.8 Å². The average Bonchev–Trinajstić information content (AvgIpc) is 2.68. The van der Waals surface area contributed by atoms with Crippen LogP contribution in [-0.4, -0.2) is 27.4 Å². The lowest BCUT2D eigenvalue weighted by Crippen LogP contribution is -2.31. The van der Waals surface area contributed by atoms with Crippen LogP contribution in [0.2, 0.25) is 0 Å². The molecule has 1 aliphatic rings. The number of anilines is 1. The first-order valence-electron chi connectivity index (χ1n) is 6.34. The number of hydrogen-bond donors (Lipinski definition) is 2. The van der Waals surface area contributed by atoms with Gasteiger partial charge in [0, 0.05) is 17.8 Å². The topological polar surface area (TPSA) is 58.0 Å². The summed E-state index contributed by atoms with van der Waals surface area (Å²) >= 11 is 1.52. The molecular weight excluding hydrogens is 246 g/mol. The van der Waals surface area contributed by atoms with E-state index >= 15 is 0 Å². The van der Waals surface area contributed by atoms with Gasteiger partial charge >= 0.3 is 0 Å². The van der Waals surface area contributed by atoms with E-state index in [1.54, 1.807) is 6.20 Å². The Labute approximate surface area is 113 Å². The van der Waals surface area contributed by atoms with Gasteiger partial charge in [0.05, 0.1) is 6.61 Å². The second kappa shape index (κ2) is 5.45. The molecule has 0 amide bonds. The Balaban J connectivity index is 2.21. The predicted octanol–water partition coefficient (Wildman–Crippen LogP) is 2.68. The molecule has 0 radical (unpaired) electrons. The van der Waals surface area contributed by atoms with Crippen LogP contribution in [0.4, 0.5) is 5.82 Å². The molecule has 0 aromatic carbocycles. The highest BCUT2D eigenvalue weighted by Gasteiger charge is 2.34. The Kier molecular flexibility index (Phi) is 4.12. The van der Waals surface area contributed by atoms with Crippen molar-refractivity contribution in [2.24, 2.45) is 5.41 Å². The number of aliphatic hydroxyl groups is 1. The molecule has 0 spiro atoms. The SMILES string of the molecule is CSc1ncc(CO)c(NC2CCCC2(C)C)n1. The summed E-state index contributed by atoms with van der Waals surface area (Å²) in [7, 11) is 0. The predicted molar refractivity (Wildman–Crippen MR) is 74.8 cm³/mol. The number of hydrogen-bond acceptors (Lipinski definition) is 5. The minimum atomic E-state index is -0.0237. The molecule has 0 aliphatic heterocycles. The Morgan fingerprint density at radius 3 is 2.89 bits per heavy atom. The average molecular weight is 267 g/mol. The second-order valence-electron chi connectivity index (χ2n) is 5.47. The number of aliphatic hydroxyl groups excluding tert-OH is 1. The van der Waals surface area contributed by atoms with Gasteiger partial charge in [-0.05, 0) is 24.5 Å². The zero-order valence-electron chi connectivity index (χ0n) is 11.2. The van der Waals surface area contributed by atoms with Crippen molar-refractivity contribution in [2.45, 2.75) is 50.9 Å². The van der Waals surface area contributed by atoms with Gasteiger partial charge in [0.2, 0.25) is 0 Å². The van der Waals surface area contributed by atoms with Gasteiger partial charge < -0.3 is 10.4 Å². The summed E-state index contributed by atoms with van der Waals surface area (Å²) in [6, 6.07) is 0.424. The van der Waals surface area contributed by atoms with E-state index in [1.165, 1.54) is 24.6 Å². The van der Waals surface area contributed by atoms with E-state index in [0.717, 1.165) is 23.0 Å². The molecule has 1 aliphatic carbocycles. The number of rotatable bonds is 4. The first-order valence-corrected chi connectivity index (χ1v) is 7.56. The molecule has 1 saturated carbocycles. The molecule has 1 aromatic heterocycles. The van der Waals surface area contributed by atoms with E-state index in [4.69, 9.17) is 0 Å². The summed E-state index contributed by atoms with van der Waals surface area (Å²) in [6.45, 7) is 4.55. The Morgan fingerprint density at radius 2 is 2.33 bits per heavy atom. The zero-order chi connectivity index (χ0) is 13.2. The van der Waals surface area contributed by atoms with Gasteiger partial charge in [-0.3, -0.25) is 0 Å². The van der Waals surface area contributed by atoms with Crippen LogP contribution in [0.3, 0.4) is 0 Å². The molecule has 1 fully saturated rings. The van der Waals surface area contributed by atoms with Gasteiger partial charge in [-0.15, -0.1) is 0 Å². The molecule has 1 unspecified atom stereocenters. The van der Waals surface area contributed by atoms with Gasteiger partial charge in [-0.2, -0.15) is 0 Å². The number of nitrogens with one attached hydrogen (secondary N) is 1. The highest BCUT2D eigenvalue weighted by molar-refractivity contribution is 7.98. The molecule has 4 nitrogen and oxygen atoms in total. The fourth-order valence-corrected chi connectivity index (χ4v) is 2.83. The van der Waals surface area contributed by atoms with Gasteiger partial charge in [0.1, 0.15) is 5.82 Å². The third kappa shape index (κ3) is 2.78. The second-order valence-corrected chi connectivity index (χ2v) is 6.24. The van der Waals surface area contributed by atoms with Crippen molar-refractivity contribution in [3.05, 3.63) is 11.8 Å². The van der Waals surface area contributed by atoms with Gasteiger partial charge in [-0.1, -0.05) is 32.0 Å². The van der Waals surface area contributed by atoms with Crippen molar-refractivity contribution in [2.75, 3.05) is 11.6 Å². The summed E-state index contributed by atoms with van der Waals surface area (Å²) < 4.78 is 0. The lowest BCUT2D eigenvalue weighted by Gasteiger charge is -2.28. The number of nitrogens with zero attached hydrogens (tertiary/aromatic N) is 2. The molecule has 1 heterocycles. The van der Waals surface area contributed by atoms with E-state index < -0.39 is 0 Å². The van der Waals surface area contributed by atoms with Gasteiger partial charge in [0.25, 0.3) is 0 Å². The summed E-state index contributed by atoms with van der Waals surface area (Å²) in [5.74, 6) is 0.789. The standard InChI is InChI=1S/C13H21N3OS/c1-13(2)6-4-5-10(13)15-11-9(8-17)7-14-12(16-11)18-3/h7,10,17H,4-6,8H2,1-3H3,(H,14,15,16). The maximum absolute atomic E-state index is 9.36. The zero-order valence-corrected chi connectivity index (χ0v) is 12.0. The molecule has 1 aromatic rings. The fourth-order valence-electron chi connectivity index (χ4n) is 2.49. The molecule has 2 N–H and O–H groups in total. The van der Waals surface area contributed by atoms with Crippen molar-refractivity contribution in [3.63, 3.8) is 0 Å². The summed E-state index contributed by atoms with van der Waals surface area (Å²) in [5, 5.41) is 13.6. The number of aromatic nitrogens is 2. The largest absolute Gasteiger partial charge is 0.391 e. The molecule has 100 valence electrons. The van der Waals surface area contributed by atoms with E-state index in [0.29, 0.717) is 6.04 Å². The summed E-state index contributed by atoms with van der Waals surface area (Å²) in [6.07, 6.45) is 7.32. The summed E-state index contributed by atoms with van der Waals surface area (Å²) in [5.41, 5.74) is 1.06. The lowest BCUT2D eigenvalue weighted by atomic mass is 9.87. The van der Waals surface area contributed by atoms with Crippen LogP contribution in [-0.2, 0) is 6.61 Å². The first kappa shape index (κ1) is 13.6. The molecular formula is C13H21N3OS. The minimum absolute atomic E-state index is 0.0237. The Bertz CT molecular complexity index is 423. The third-order valence-electron chi connectivity index (χ3n) is 3.76. The number of thioether (sulfide) groups is 1. The first-order chi connectivity index (χ1) is 8.56. The molecule has 0 saturated heterocycles. The van der Waals surface area contributed by atoms with Gasteiger partial charge in [0.15, 0.2) is 5.16 Å². The van der Waals surface area contributed by atoms with Crippen molar-refractivity contribution < 1.29 is 5.11 Å². The van der Waals surface area contributed by atoms with Crippen LogP contribution < -0.4 is 5.32 Å². The summed E-state index contributed by atoms with van der Waals surface area (Å²) in [4.78, 5) is 8.66. The molecule has 18 heavy (non-hydrogen) atoms. The van der Waals surface area contributed by atoms with Crippen LogP contribution in [0.25, 0.3) is 0 Å². The third-order valence-corrected chi connectivity index (χ3v) is 4.33. The minimum Gasteiger partial charge on any atom is -0.391 e. The smallest absolute Gasteiger partial charge is 0.189 e. The monoisotopic (exact) mass is 267 g/mol. The van der Waals surface area contributed by atoms with Crippen LogP contribution in [0.1, 0.15) is 38.7 Å². The van der Waals surface area contributed by atoms with Crippen LogP contribution in [0.15, 0.2) is 11.4 Å². The molecule has 5 heteroatoms. The fraction of sp³-hybridized carbons (Fsp3) is 0.692. The molecule has 0 bridgehead atoms. The lowest BCUT2D eigenvalue weighted by molar-refractivity contribution is 0.280. The van der Waals surface area contributed by atoms with Crippen molar-refractivity contribution in [1.82, 2.24) is 9.97 Å². The van der Waals surface area contributed by atoms with E-state index in [1.807, 2.05) is 6.26 Å². The van der Waals surface area contributed by atoms with Crippen molar-refractivity contribution >= 4 is 17.6 Å². The van der Waals surface area contributed by atoms with Crippen molar-refractivity contribution in [1.29, 1.82) is 0 Å².